The normalized spacial score (nSPS) is 11.3. The predicted molar refractivity (Wildman–Crippen MR) is 132 cm³/mol. The maximum absolute atomic E-state index is 12.9. The first-order valence-corrected chi connectivity index (χ1v) is 11.3. The molecule has 0 unspecified atom stereocenters. The fraction of sp³-hybridized carbons (Fsp3) is 0.360. The summed E-state index contributed by atoms with van der Waals surface area (Å²) in [5, 5.41) is 16.9. The Morgan fingerprint density at radius 1 is 0.971 bits per heavy atom. The molecule has 2 rings (SSSR count). The fourth-order valence-corrected chi connectivity index (χ4v) is 3.31. The highest BCUT2D eigenvalue weighted by Gasteiger charge is 2.19. The van der Waals surface area contributed by atoms with Crippen LogP contribution in [0, 0.1) is 0 Å². The van der Waals surface area contributed by atoms with Crippen LogP contribution < -0.4 is 16.0 Å². The smallest absolute Gasteiger partial charge is 0.323 e. The summed E-state index contributed by atoms with van der Waals surface area (Å²) in [4.78, 5) is 49.6. The highest BCUT2D eigenvalue weighted by atomic mass is 16.5. The number of carboxylic acids is 1. The van der Waals surface area contributed by atoms with E-state index in [1.165, 1.54) is 4.90 Å². The molecule has 0 aromatic heterocycles. The molecule has 0 aliphatic rings. The van der Waals surface area contributed by atoms with Crippen LogP contribution in [0.3, 0.4) is 0 Å². The molecule has 35 heavy (non-hydrogen) atoms. The summed E-state index contributed by atoms with van der Waals surface area (Å²) >= 11 is 0. The molecule has 10 heteroatoms. The number of nitrogens with one attached hydrogen (secondary N) is 3. The first-order valence-electron chi connectivity index (χ1n) is 11.3. The number of rotatable bonds is 13. The van der Waals surface area contributed by atoms with Crippen molar-refractivity contribution in [3.8, 4) is 0 Å². The van der Waals surface area contributed by atoms with Crippen molar-refractivity contribution in [1.29, 1.82) is 0 Å². The van der Waals surface area contributed by atoms with E-state index in [2.05, 4.69) is 16.0 Å². The Bertz CT molecular complexity index is 981. The molecule has 0 fully saturated rings. The third-order valence-corrected chi connectivity index (χ3v) is 4.95. The molecule has 188 valence electrons. The number of carbonyl (C=O) groups excluding carboxylic acids is 3. The summed E-state index contributed by atoms with van der Waals surface area (Å²) in [7, 11) is 1.56. The van der Waals surface area contributed by atoms with E-state index in [1.54, 1.807) is 50.4 Å². The van der Waals surface area contributed by atoms with E-state index in [1.807, 2.05) is 18.2 Å². The standard InChI is InChI=1S/C25H32N4O6/c1-18(15-24(32)33)26-22(30)17-29(13-6-14-35-2)23(31)16-19-9-11-21(12-10-19)28-25(34)27-20-7-4-3-5-8-20/h3-5,7-12,18H,6,13-17H2,1-2H3,(H,26,30)(H,32,33)(H2,27,28,34)/t18-/m1/s1. The second-order valence-electron chi connectivity index (χ2n) is 8.05. The molecule has 0 saturated heterocycles. The van der Waals surface area contributed by atoms with E-state index in [9.17, 15) is 19.2 Å². The second-order valence-corrected chi connectivity index (χ2v) is 8.05. The molecule has 2 aromatic rings. The van der Waals surface area contributed by atoms with Gasteiger partial charge in [-0.25, -0.2) is 4.79 Å². The molecular weight excluding hydrogens is 452 g/mol. The number of carboxylic acid groups (broad SMARTS) is 1. The van der Waals surface area contributed by atoms with E-state index in [0.717, 1.165) is 5.56 Å². The first kappa shape index (κ1) is 27.3. The van der Waals surface area contributed by atoms with Crippen LogP contribution in [0.1, 0.15) is 25.3 Å². The van der Waals surface area contributed by atoms with Crippen molar-refractivity contribution in [2.45, 2.75) is 32.2 Å². The molecule has 0 aliphatic heterocycles. The average molecular weight is 485 g/mol. The third kappa shape index (κ3) is 10.7. The van der Waals surface area contributed by atoms with Gasteiger partial charge in [0.25, 0.3) is 0 Å². The Labute approximate surface area is 204 Å². The van der Waals surface area contributed by atoms with Gasteiger partial charge in [0, 0.05) is 37.7 Å². The van der Waals surface area contributed by atoms with E-state index >= 15 is 0 Å². The van der Waals surface area contributed by atoms with Gasteiger partial charge >= 0.3 is 12.0 Å². The largest absolute Gasteiger partial charge is 0.481 e. The second kappa shape index (κ2) is 14.4. The van der Waals surface area contributed by atoms with E-state index in [-0.39, 0.29) is 31.3 Å². The van der Waals surface area contributed by atoms with Crippen LogP contribution in [0.4, 0.5) is 16.2 Å². The molecule has 0 saturated carbocycles. The fourth-order valence-electron chi connectivity index (χ4n) is 3.31. The van der Waals surface area contributed by atoms with Crippen molar-refractivity contribution < 1.29 is 29.0 Å². The molecule has 0 radical (unpaired) electrons. The van der Waals surface area contributed by atoms with Gasteiger partial charge in [-0.1, -0.05) is 30.3 Å². The van der Waals surface area contributed by atoms with Gasteiger partial charge in [0.1, 0.15) is 0 Å². The highest BCUT2D eigenvalue weighted by molar-refractivity contribution is 5.99. The van der Waals surface area contributed by atoms with Crippen LogP contribution in [0.5, 0.6) is 0 Å². The van der Waals surface area contributed by atoms with Crippen LogP contribution in [0.15, 0.2) is 54.6 Å². The van der Waals surface area contributed by atoms with Crippen molar-refractivity contribution in [1.82, 2.24) is 10.2 Å². The monoisotopic (exact) mass is 484 g/mol. The van der Waals surface area contributed by atoms with Gasteiger partial charge in [0.15, 0.2) is 0 Å². The molecule has 1 atom stereocenters. The predicted octanol–water partition coefficient (Wildman–Crippen LogP) is 2.72. The van der Waals surface area contributed by atoms with Crippen LogP contribution in [0.25, 0.3) is 0 Å². The quantitative estimate of drug-likeness (QED) is 0.323. The molecule has 4 amide bonds. The minimum atomic E-state index is -1.01. The Balaban J connectivity index is 1.93. The Hall–Kier alpha value is -3.92. The summed E-state index contributed by atoms with van der Waals surface area (Å²) < 4.78 is 5.04. The average Bonchev–Trinajstić information content (AvgIpc) is 2.79. The molecular formula is C25H32N4O6. The number of ether oxygens (including phenoxy) is 1. The molecule has 0 heterocycles. The van der Waals surface area contributed by atoms with Crippen molar-refractivity contribution in [2.24, 2.45) is 0 Å². The van der Waals surface area contributed by atoms with Crippen molar-refractivity contribution in [3.05, 3.63) is 60.2 Å². The zero-order valence-corrected chi connectivity index (χ0v) is 20.0. The Morgan fingerprint density at radius 3 is 2.20 bits per heavy atom. The van der Waals surface area contributed by atoms with Crippen molar-refractivity contribution >= 4 is 35.2 Å². The molecule has 10 nitrogen and oxygen atoms in total. The Morgan fingerprint density at radius 2 is 1.60 bits per heavy atom. The molecule has 0 bridgehead atoms. The molecule has 2 aromatic carbocycles. The highest BCUT2D eigenvalue weighted by Crippen LogP contribution is 2.13. The van der Waals surface area contributed by atoms with Crippen LogP contribution in [0.2, 0.25) is 0 Å². The lowest BCUT2D eigenvalue weighted by Crippen LogP contribution is -2.44. The van der Waals surface area contributed by atoms with Gasteiger partial charge in [-0.2, -0.15) is 0 Å². The maximum Gasteiger partial charge on any atom is 0.323 e. The lowest BCUT2D eigenvalue weighted by molar-refractivity contribution is -0.138. The summed E-state index contributed by atoms with van der Waals surface area (Å²) in [5.41, 5.74) is 1.96. The van der Waals surface area contributed by atoms with Gasteiger partial charge in [-0.05, 0) is 43.2 Å². The third-order valence-electron chi connectivity index (χ3n) is 4.95. The van der Waals surface area contributed by atoms with Crippen LogP contribution in [-0.4, -0.2) is 66.7 Å². The van der Waals surface area contributed by atoms with Gasteiger partial charge < -0.3 is 30.7 Å². The summed E-state index contributed by atoms with van der Waals surface area (Å²) in [6.45, 7) is 2.18. The lowest BCUT2D eigenvalue weighted by atomic mass is 10.1. The zero-order chi connectivity index (χ0) is 25.6. The van der Waals surface area contributed by atoms with Gasteiger partial charge in [-0.15, -0.1) is 0 Å². The van der Waals surface area contributed by atoms with E-state index in [4.69, 9.17) is 9.84 Å². The first-order chi connectivity index (χ1) is 16.8. The van der Waals surface area contributed by atoms with E-state index < -0.39 is 17.9 Å². The number of nitrogens with zero attached hydrogens (tertiary/aromatic N) is 1. The minimum Gasteiger partial charge on any atom is -0.481 e. The number of benzene rings is 2. The number of hydrogen-bond donors (Lipinski definition) is 4. The molecule has 4 N–H and O–H groups in total. The summed E-state index contributed by atoms with van der Waals surface area (Å²) in [6.07, 6.45) is 0.425. The maximum atomic E-state index is 12.9. The number of urea groups is 1. The lowest BCUT2D eigenvalue weighted by Gasteiger charge is -2.23. The van der Waals surface area contributed by atoms with Crippen molar-refractivity contribution in [2.75, 3.05) is 37.4 Å². The van der Waals surface area contributed by atoms with Crippen molar-refractivity contribution in [3.63, 3.8) is 0 Å². The minimum absolute atomic E-state index is 0.0709. The molecule has 0 spiro atoms. The Kier molecular flexibility index (Phi) is 11.2. The van der Waals surface area contributed by atoms with Crippen LogP contribution in [-0.2, 0) is 25.5 Å². The number of para-hydroxylation sites is 1. The van der Waals surface area contributed by atoms with Gasteiger partial charge in [0.05, 0.1) is 19.4 Å². The summed E-state index contributed by atoms with van der Waals surface area (Å²) in [5.74, 6) is -1.68. The number of anilines is 2. The molecule has 0 aliphatic carbocycles. The van der Waals surface area contributed by atoms with Gasteiger partial charge in [0.2, 0.25) is 11.8 Å². The number of amides is 4. The SMILES string of the molecule is COCCCN(CC(=O)N[C@H](C)CC(=O)O)C(=O)Cc1ccc(NC(=O)Nc2ccccc2)cc1. The summed E-state index contributed by atoms with van der Waals surface area (Å²) in [6, 6.07) is 15.0. The van der Waals surface area contributed by atoms with Crippen LogP contribution >= 0.6 is 0 Å². The topological polar surface area (TPSA) is 137 Å². The number of hydrogen-bond acceptors (Lipinski definition) is 5. The van der Waals surface area contributed by atoms with Gasteiger partial charge in [-0.3, -0.25) is 14.4 Å². The number of carbonyl (C=O) groups is 4. The number of aliphatic carboxylic acids is 1. The zero-order valence-electron chi connectivity index (χ0n) is 20.0. The number of methoxy groups -OCH3 is 1. The van der Waals surface area contributed by atoms with E-state index in [0.29, 0.717) is 30.9 Å².